The number of fused-ring (bicyclic) bond motifs is 1. The molecule has 1 heterocycles. The molecule has 1 aliphatic carbocycles. The van der Waals surface area contributed by atoms with Gasteiger partial charge in [0.25, 0.3) is 0 Å². The zero-order valence-electron chi connectivity index (χ0n) is 14.9. The molecule has 0 radical (unpaired) electrons. The van der Waals surface area contributed by atoms with E-state index >= 15 is 0 Å². The largest absolute Gasteiger partial charge is 0.393 e. The Morgan fingerprint density at radius 1 is 1.38 bits per heavy atom. The predicted octanol–water partition coefficient (Wildman–Crippen LogP) is 3.08. The van der Waals surface area contributed by atoms with Gasteiger partial charge in [0.1, 0.15) is 0 Å². The van der Waals surface area contributed by atoms with Crippen molar-refractivity contribution in [2.45, 2.75) is 57.5 Å². The fraction of sp³-hybridized carbons (Fsp3) is 0.650. The molecule has 2 amide bonds. The number of nitrogens with one attached hydrogen (secondary N) is 1. The Morgan fingerprint density at radius 2 is 2.08 bits per heavy atom. The second-order valence-electron chi connectivity index (χ2n) is 7.80. The van der Waals surface area contributed by atoms with Crippen LogP contribution in [-0.2, 0) is 11.8 Å². The minimum Gasteiger partial charge on any atom is -0.393 e. The van der Waals surface area contributed by atoms with Crippen LogP contribution in [0.25, 0.3) is 0 Å². The van der Waals surface area contributed by atoms with Crippen LogP contribution in [0, 0.1) is 5.92 Å². The maximum atomic E-state index is 12.5. The van der Waals surface area contributed by atoms with Gasteiger partial charge < -0.3 is 15.3 Å². The molecule has 2 N–H and O–H groups in total. The molecular weight excluding hydrogens is 300 g/mol. The lowest BCUT2D eigenvalue weighted by molar-refractivity contribution is 0.0795. The zero-order chi connectivity index (χ0) is 17.2. The van der Waals surface area contributed by atoms with Gasteiger partial charge in [-0.05, 0) is 56.1 Å². The van der Waals surface area contributed by atoms with Crippen molar-refractivity contribution in [3.63, 3.8) is 0 Å². The van der Waals surface area contributed by atoms with Gasteiger partial charge in [-0.15, -0.1) is 0 Å². The Bertz CT molecular complexity index is 579. The second-order valence-corrected chi connectivity index (χ2v) is 7.80. The van der Waals surface area contributed by atoms with Crippen molar-refractivity contribution in [1.29, 1.82) is 0 Å². The van der Waals surface area contributed by atoms with Gasteiger partial charge in [-0.3, -0.25) is 0 Å². The fourth-order valence-corrected chi connectivity index (χ4v) is 4.28. The van der Waals surface area contributed by atoms with Crippen LogP contribution in [-0.4, -0.2) is 41.8 Å². The summed E-state index contributed by atoms with van der Waals surface area (Å²) in [6.07, 6.45) is 4.97. The van der Waals surface area contributed by atoms with E-state index in [1.807, 2.05) is 11.8 Å². The summed E-state index contributed by atoms with van der Waals surface area (Å²) in [5.41, 5.74) is 2.85. The first-order valence-electron chi connectivity index (χ1n) is 9.29. The minimum absolute atomic E-state index is 0.0302. The summed E-state index contributed by atoms with van der Waals surface area (Å²) in [4.78, 5) is 14.4. The molecule has 0 saturated carbocycles. The third-order valence-corrected chi connectivity index (χ3v) is 5.98. The fourth-order valence-electron chi connectivity index (χ4n) is 4.28. The van der Waals surface area contributed by atoms with Crippen molar-refractivity contribution >= 4 is 6.03 Å². The van der Waals surface area contributed by atoms with E-state index in [2.05, 4.69) is 36.5 Å². The van der Waals surface area contributed by atoms with E-state index in [0.717, 1.165) is 38.8 Å². The van der Waals surface area contributed by atoms with Crippen LogP contribution >= 0.6 is 0 Å². The third kappa shape index (κ3) is 3.59. The summed E-state index contributed by atoms with van der Waals surface area (Å²) in [6.45, 7) is 6.30. The number of piperidine rings is 1. The van der Waals surface area contributed by atoms with Crippen molar-refractivity contribution in [3.05, 3.63) is 35.4 Å². The molecule has 2 unspecified atom stereocenters. The standard InChI is InChI=1S/C20H30N2O2/c1-15(23)16-9-12-22(13-10-16)19(24)21-14-20(2)11-5-7-17-6-3-4-8-18(17)20/h3-4,6,8,15-16,23H,5,7,9-14H2,1-2H3,(H,21,24). The Morgan fingerprint density at radius 3 is 2.79 bits per heavy atom. The predicted molar refractivity (Wildman–Crippen MR) is 96.1 cm³/mol. The van der Waals surface area contributed by atoms with E-state index in [1.165, 1.54) is 17.5 Å². The summed E-state index contributed by atoms with van der Waals surface area (Å²) in [6, 6.07) is 8.69. The van der Waals surface area contributed by atoms with Gasteiger partial charge in [-0.2, -0.15) is 0 Å². The Balaban J connectivity index is 1.57. The van der Waals surface area contributed by atoms with Gasteiger partial charge in [0.2, 0.25) is 0 Å². The number of likely N-dealkylation sites (tertiary alicyclic amines) is 1. The average Bonchev–Trinajstić information content (AvgIpc) is 2.60. The number of benzene rings is 1. The summed E-state index contributed by atoms with van der Waals surface area (Å²) in [5.74, 6) is 0.330. The highest BCUT2D eigenvalue weighted by Crippen LogP contribution is 2.36. The SMILES string of the molecule is CC(O)C1CCN(C(=O)NCC2(C)CCCc3ccccc32)CC1. The van der Waals surface area contributed by atoms with Gasteiger partial charge in [0.15, 0.2) is 0 Å². The van der Waals surface area contributed by atoms with Crippen molar-refractivity contribution in [1.82, 2.24) is 10.2 Å². The highest BCUT2D eigenvalue weighted by atomic mass is 16.3. The monoisotopic (exact) mass is 330 g/mol. The maximum Gasteiger partial charge on any atom is 0.317 e. The average molecular weight is 330 g/mol. The van der Waals surface area contributed by atoms with Gasteiger partial charge in [-0.25, -0.2) is 4.79 Å². The minimum atomic E-state index is -0.270. The number of hydrogen-bond donors (Lipinski definition) is 2. The van der Waals surface area contributed by atoms with Crippen molar-refractivity contribution in [2.24, 2.45) is 5.92 Å². The summed E-state index contributed by atoms with van der Waals surface area (Å²) in [5, 5.41) is 12.9. The highest BCUT2D eigenvalue weighted by Gasteiger charge is 2.33. The number of carbonyl (C=O) groups is 1. The van der Waals surface area contributed by atoms with E-state index < -0.39 is 0 Å². The smallest absolute Gasteiger partial charge is 0.317 e. The summed E-state index contributed by atoms with van der Waals surface area (Å²) < 4.78 is 0. The molecule has 0 aromatic heterocycles. The summed E-state index contributed by atoms with van der Waals surface area (Å²) >= 11 is 0. The van der Waals surface area contributed by atoms with Crippen molar-refractivity contribution in [2.75, 3.05) is 19.6 Å². The van der Waals surface area contributed by atoms with Crippen LogP contribution in [0.3, 0.4) is 0 Å². The van der Waals surface area contributed by atoms with Crippen LogP contribution in [0.5, 0.6) is 0 Å². The number of nitrogens with zero attached hydrogens (tertiary/aromatic N) is 1. The molecule has 1 fully saturated rings. The van der Waals surface area contributed by atoms with Crippen LogP contribution in [0.15, 0.2) is 24.3 Å². The van der Waals surface area contributed by atoms with Crippen molar-refractivity contribution in [3.8, 4) is 0 Å². The first-order chi connectivity index (χ1) is 11.5. The van der Waals surface area contributed by atoms with Crippen LogP contribution in [0.1, 0.15) is 50.7 Å². The molecule has 2 atom stereocenters. The van der Waals surface area contributed by atoms with Gasteiger partial charge in [0.05, 0.1) is 6.10 Å². The Hall–Kier alpha value is -1.55. The molecule has 4 heteroatoms. The van der Waals surface area contributed by atoms with Gasteiger partial charge in [-0.1, -0.05) is 31.2 Å². The molecule has 2 aliphatic rings. The van der Waals surface area contributed by atoms with Crippen LogP contribution < -0.4 is 5.32 Å². The highest BCUT2D eigenvalue weighted by molar-refractivity contribution is 5.74. The molecule has 0 spiro atoms. The van der Waals surface area contributed by atoms with Gasteiger partial charge in [0, 0.05) is 25.0 Å². The normalized spacial score (nSPS) is 25.9. The molecule has 1 aromatic rings. The number of urea groups is 1. The van der Waals surface area contributed by atoms with E-state index in [0.29, 0.717) is 12.5 Å². The first kappa shape index (κ1) is 17.3. The molecule has 132 valence electrons. The quantitative estimate of drug-likeness (QED) is 0.895. The van der Waals surface area contributed by atoms with Crippen LogP contribution in [0.2, 0.25) is 0 Å². The maximum absolute atomic E-state index is 12.5. The van der Waals surface area contributed by atoms with E-state index in [1.54, 1.807) is 0 Å². The van der Waals surface area contributed by atoms with Gasteiger partial charge >= 0.3 is 6.03 Å². The molecule has 1 saturated heterocycles. The molecule has 3 rings (SSSR count). The molecule has 4 nitrogen and oxygen atoms in total. The number of aliphatic hydroxyl groups is 1. The first-order valence-corrected chi connectivity index (χ1v) is 9.29. The number of aryl methyl sites for hydroxylation is 1. The van der Waals surface area contributed by atoms with E-state index in [-0.39, 0.29) is 17.6 Å². The number of carbonyl (C=O) groups excluding carboxylic acids is 1. The Kier molecular flexibility index (Phi) is 5.14. The lowest BCUT2D eigenvalue weighted by Crippen LogP contribution is -2.49. The third-order valence-electron chi connectivity index (χ3n) is 5.98. The summed E-state index contributed by atoms with van der Waals surface area (Å²) in [7, 11) is 0. The van der Waals surface area contributed by atoms with E-state index in [4.69, 9.17) is 0 Å². The molecular formula is C20H30N2O2. The Labute approximate surface area is 145 Å². The van der Waals surface area contributed by atoms with Crippen molar-refractivity contribution < 1.29 is 9.90 Å². The molecule has 1 aromatic carbocycles. The number of amides is 2. The molecule has 24 heavy (non-hydrogen) atoms. The lowest BCUT2D eigenvalue weighted by Gasteiger charge is -2.38. The molecule has 1 aliphatic heterocycles. The van der Waals surface area contributed by atoms with Crippen LogP contribution in [0.4, 0.5) is 4.79 Å². The number of rotatable bonds is 3. The number of aliphatic hydroxyl groups excluding tert-OH is 1. The topological polar surface area (TPSA) is 52.6 Å². The molecule has 0 bridgehead atoms. The zero-order valence-corrected chi connectivity index (χ0v) is 14.9. The second kappa shape index (κ2) is 7.14. The number of hydrogen-bond acceptors (Lipinski definition) is 2. The van der Waals surface area contributed by atoms with E-state index in [9.17, 15) is 9.90 Å². The lowest BCUT2D eigenvalue weighted by atomic mass is 9.71.